The summed E-state index contributed by atoms with van der Waals surface area (Å²) >= 11 is 0. The Balaban J connectivity index is 2.36. The lowest BCUT2D eigenvalue weighted by atomic mass is 10.2. The predicted octanol–water partition coefficient (Wildman–Crippen LogP) is 2.22. The van der Waals surface area contributed by atoms with E-state index in [0.29, 0.717) is 0 Å². The first kappa shape index (κ1) is 14.8. The van der Waals surface area contributed by atoms with E-state index < -0.39 is 0 Å². The van der Waals surface area contributed by atoms with Crippen LogP contribution in [0.5, 0.6) is 11.5 Å². The van der Waals surface area contributed by atoms with E-state index in [-0.39, 0.29) is 0 Å². The van der Waals surface area contributed by atoms with Crippen LogP contribution >= 0.6 is 0 Å². The van der Waals surface area contributed by atoms with Crippen molar-refractivity contribution < 1.29 is 14.2 Å². The van der Waals surface area contributed by atoms with Crippen LogP contribution in [0, 0.1) is 0 Å². The lowest BCUT2D eigenvalue weighted by Gasteiger charge is -2.09. The number of rotatable bonds is 9. The summed E-state index contributed by atoms with van der Waals surface area (Å²) in [5, 5.41) is 3.40. The molecule has 102 valence electrons. The number of benzene rings is 1. The van der Waals surface area contributed by atoms with Crippen molar-refractivity contribution in [2.75, 3.05) is 34.5 Å². The molecular formula is C14H23NO3. The smallest absolute Gasteiger partial charge is 0.122 e. The Labute approximate surface area is 109 Å². The van der Waals surface area contributed by atoms with Crippen molar-refractivity contribution in [1.29, 1.82) is 0 Å². The SMILES string of the molecule is COCCCCNCc1cc(OC)cc(OC)c1. The van der Waals surface area contributed by atoms with Gasteiger partial charge in [0.05, 0.1) is 14.2 Å². The van der Waals surface area contributed by atoms with E-state index in [2.05, 4.69) is 5.32 Å². The van der Waals surface area contributed by atoms with Crippen molar-refractivity contribution in [3.05, 3.63) is 23.8 Å². The minimum atomic E-state index is 0.820. The molecule has 0 atom stereocenters. The molecule has 0 spiro atoms. The zero-order valence-corrected chi connectivity index (χ0v) is 11.5. The molecule has 0 heterocycles. The first-order valence-corrected chi connectivity index (χ1v) is 6.21. The van der Waals surface area contributed by atoms with Gasteiger partial charge in [-0.3, -0.25) is 0 Å². The number of ether oxygens (including phenoxy) is 3. The average molecular weight is 253 g/mol. The second kappa shape index (κ2) is 8.78. The number of unbranched alkanes of at least 4 members (excludes halogenated alkanes) is 1. The third kappa shape index (κ3) is 5.38. The van der Waals surface area contributed by atoms with Gasteiger partial charge in [-0.05, 0) is 37.1 Å². The molecule has 0 radical (unpaired) electrons. The third-order valence-electron chi connectivity index (χ3n) is 2.69. The van der Waals surface area contributed by atoms with Crippen LogP contribution in [0.15, 0.2) is 18.2 Å². The Bertz CT molecular complexity index is 320. The summed E-state index contributed by atoms with van der Waals surface area (Å²) in [6.07, 6.45) is 2.21. The molecule has 0 saturated heterocycles. The van der Waals surface area contributed by atoms with Crippen molar-refractivity contribution in [3.63, 3.8) is 0 Å². The number of hydrogen-bond acceptors (Lipinski definition) is 4. The molecule has 1 aromatic carbocycles. The van der Waals surface area contributed by atoms with Crippen molar-refractivity contribution in [1.82, 2.24) is 5.32 Å². The van der Waals surface area contributed by atoms with E-state index in [9.17, 15) is 0 Å². The lowest BCUT2D eigenvalue weighted by Crippen LogP contribution is -2.15. The highest BCUT2D eigenvalue weighted by molar-refractivity contribution is 5.38. The molecule has 1 aromatic rings. The molecule has 0 aliphatic heterocycles. The monoisotopic (exact) mass is 253 g/mol. The average Bonchev–Trinajstić information content (AvgIpc) is 2.42. The summed E-state index contributed by atoms with van der Waals surface area (Å²) in [5.74, 6) is 1.65. The molecule has 4 nitrogen and oxygen atoms in total. The lowest BCUT2D eigenvalue weighted by molar-refractivity contribution is 0.192. The van der Waals surface area contributed by atoms with E-state index in [4.69, 9.17) is 14.2 Å². The van der Waals surface area contributed by atoms with E-state index in [0.717, 1.165) is 49.6 Å². The summed E-state index contributed by atoms with van der Waals surface area (Å²) in [4.78, 5) is 0. The van der Waals surface area contributed by atoms with Gasteiger partial charge in [-0.2, -0.15) is 0 Å². The number of nitrogens with one attached hydrogen (secondary N) is 1. The van der Waals surface area contributed by atoms with Crippen LogP contribution in [0.2, 0.25) is 0 Å². The fourth-order valence-electron chi connectivity index (χ4n) is 1.70. The topological polar surface area (TPSA) is 39.7 Å². The van der Waals surface area contributed by atoms with Crippen LogP contribution in [-0.4, -0.2) is 34.5 Å². The zero-order valence-electron chi connectivity index (χ0n) is 11.5. The predicted molar refractivity (Wildman–Crippen MR) is 72.4 cm³/mol. The summed E-state index contributed by atoms with van der Waals surface area (Å²) in [6.45, 7) is 2.64. The van der Waals surface area contributed by atoms with Gasteiger partial charge in [-0.1, -0.05) is 0 Å². The van der Waals surface area contributed by atoms with E-state index in [1.165, 1.54) is 0 Å². The van der Waals surface area contributed by atoms with E-state index in [1.807, 2.05) is 18.2 Å². The van der Waals surface area contributed by atoms with Crippen molar-refractivity contribution in [3.8, 4) is 11.5 Å². The molecule has 0 unspecified atom stereocenters. The molecule has 4 heteroatoms. The zero-order chi connectivity index (χ0) is 13.2. The second-order valence-electron chi connectivity index (χ2n) is 4.10. The summed E-state index contributed by atoms with van der Waals surface area (Å²) < 4.78 is 15.5. The Morgan fingerprint density at radius 2 is 1.61 bits per heavy atom. The first-order valence-electron chi connectivity index (χ1n) is 6.21. The van der Waals surface area contributed by atoms with Crippen LogP contribution in [0.3, 0.4) is 0 Å². The fraction of sp³-hybridized carbons (Fsp3) is 0.571. The van der Waals surface area contributed by atoms with Gasteiger partial charge in [0.1, 0.15) is 11.5 Å². The van der Waals surface area contributed by atoms with Crippen molar-refractivity contribution >= 4 is 0 Å². The summed E-state index contributed by atoms with van der Waals surface area (Å²) in [6, 6.07) is 5.91. The quantitative estimate of drug-likeness (QED) is 0.685. The maximum atomic E-state index is 5.23. The largest absolute Gasteiger partial charge is 0.497 e. The molecule has 0 saturated carbocycles. The van der Waals surface area contributed by atoms with Crippen molar-refractivity contribution in [2.24, 2.45) is 0 Å². The molecule has 1 rings (SSSR count). The molecular weight excluding hydrogens is 230 g/mol. The molecule has 0 fully saturated rings. The third-order valence-corrected chi connectivity index (χ3v) is 2.69. The molecule has 0 aromatic heterocycles. The van der Waals surface area contributed by atoms with Gasteiger partial charge in [-0.15, -0.1) is 0 Å². The molecule has 0 bridgehead atoms. The minimum Gasteiger partial charge on any atom is -0.497 e. The van der Waals surface area contributed by atoms with E-state index >= 15 is 0 Å². The number of methoxy groups -OCH3 is 3. The molecule has 0 amide bonds. The highest BCUT2D eigenvalue weighted by Crippen LogP contribution is 2.22. The second-order valence-corrected chi connectivity index (χ2v) is 4.10. The highest BCUT2D eigenvalue weighted by Gasteiger charge is 2.01. The Kier molecular flexibility index (Phi) is 7.22. The van der Waals surface area contributed by atoms with Crippen LogP contribution in [-0.2, 0) is 11.3 Å². The highest BCUT2D eigenvalue weighted by atomic mass is 16.5. The van der Waals surface area contributed by atoms with Gasteiger partial charge >= 0.3 is 0 Å². The van der Waals surface area contributed by atoms with Gasteiger partial charge in [-0.25, -0.2) is 0 Å². The van der Waals surface area contributed by atoms with Gasteiger partial charge in [0, 0.05) is 26.3 Å². The summed E-state index contributed by atoms with van der Waals surface area (Å²) in [5.41, 5.74) is 1.16. The van der Waals surface area contributed by atoms with Gasteiger partial charge in [0.25, 0.3) is 0 Å². The normalized spacial score (nSPS) is 10.4. The van der Waals surface area contributed by atoms with Crippen LogP contribution in [0.1, 0.15) is 18.4 Å². The van der Waals surface area contributed by atoms with Crippen LogP contribution in [0.4, 0.5) is 0 Å². The van der Waals surface area contributed by atoms with Gasteiger partial charge in [0.2, 0.25) is 0 Å². The molecule has 1 N–H and O–H groups in total. The first-order chi connectivity index (χ1) is 8.80. The van der Waals surface area contributed by atoms with Crippen molar-refractivity contribution in [2.45, 2.75) is 19.4 Å². The molecule has 0 aliphatic carbocycles. The minimum absolute atomic E-state index is 0.820. The standard InChI is InChI=1S/C14H23NO3/c1-16-7-5-4-6-15-11-12-8-13(17-2)10-14(9-12)18-3/h8-10,15H,4-7,11H2,1-3H3. The maximum absolute atomic E-state index is 5.23. The summed E-state index contributed by atoms with van der Waals surface area (Å²) in [7, 11) is 5.06. The Morgan fingerprint density at radius 3 is 2.17 bits per heavy atom. The van der Waals surface area contributed by atoms with E-state index in [1.54, 1.807) is 21.3 Å². The fourth-order valence-corrected chi connectivity index (χ4v) is 1.70. The Hall–Kier alpha value is -1.26. The Morgan fingerprint density at radius 1 is 0.944 bits per heavy atom. The molecule has 0 aliphatic rings. The maximum Gasteiger partial charge on any atom is 0.122 e. The molecule has 18 heavy (non-hydrogen) atoms. The number of hydrogen-bond donors (Lipinski definition) is 1. The van der Waals surface area contributed by atoms with Crippen LogP contribution < -0.4 is 14.8 Å². The van der Waals surface area contributed by atoms with Gasteiger partial charge in [0.15, 0.2) is 0 Å². The van der Waals surface area contributed by atoms with Gasteiger partial charge < -0.3 is 19.5 Å². The van der Waals surface area contributed by atoms with Crippen LogP contribution in [0.25, 0.3) is 0 Å².